The summed E-state index contributed by atoms with van der Waals surface area (Å²) >= 11 is 5.70. The van der Waals surface area contributed by atoms with Gasteiger partial charge in [0, 0.05) is 0 Å². The summed E-state index contributed by atoms with van der Waals surface area (Å²) in [5, 5.41) is 13.0. The van der Waals surface area contributed by atoms with Gasteiger partial charge in [0.25, 0.3) is 0 Å². The number of carbonyl (C=O) groups excluding carboxylic acids is 2. The van der Waals surface area contributed by atoms with Gasteiger partial charge < -0.3 is 15.7 Å². The lowest BCUT2D eigenvalue weighted by molar-refractivity contribution is -0.137. The largest absolute Gasteiger partial charge is 0.416 e. The molecule has 0 aliphatic carbocycles. The van der Waals surface area contributed by atoms with Crippen molar-refractivity contribution >= 4 is 29.1 Å². The molecule has 0 saturated heterocycles. The highest BCUT2D eigenvalue weighted by atomic mass is 35.5. The molecule has 5 nitrogen and oxygen atoms in total. The predicted molar refractivity (Wildman–Crippen MR) is 74.4 cm³/mol. The summed E-state index contributed by atoms with van der Waals surface area (Å²) in [5.74, 6) is -2.25. The molecule has 0 bridgehead atoms. The van der Waals surface area contributed by atoms with Crippen molar-refractivity contribution in [3.05, 3.63) is 28.8 Å². The number of nitrogens with one attached hydrogen (secondary N) is 2. The van der Waals surface area contributed by atoms with E-state index in [0.29, 0.717) is 12.5 Å². The Bertz CT molecular complexity index is 560. The number of carbonyl (C=O) groups is 2. The molecule has 0 fully saturated rings. The molecule has 0 saturated carbocycles. The lowest BCUT2D eigenvalue weighted by Gasteiger charge is -2.14. The highest BCUT2D eigenvalue weighted by Gasteiger charge is 2.31. The van der Waals surface area contributed by atoms with Gasteiger partial charge in [0.15, 0.2) is 0 Å². The van der Waals surface area contributed by atoms with E-state index in [1.165, 1.54) is 0 Å². The van der Waals surface area contributed by atoms with Crippen LogP contribution in [-0.4, -0.2) is 29.6 Å². The number of hydrogen-bond acceptors (Lipinski definition) is 3. The van der Waals surface area contributed by atoms with Crippen molar-refractivity contribution in [2.75, 3.05) is 11.9 Å². The van der Waals surface area contributed by atoms with Crippen molar-refractivity contribution in [2.24, 2.45) is 0 Å². The number of rotatable bonds is 4. The molecular formula is C13H14ClF3N2O3. The van der Waals surface area contributed by atoms with Crippen LogP contribution in [-0.2, 0) is 15.8 Å². The van der Waals surface area contributed by atoms with Gasteiger partial charge in [0.2, 0.25) is 0 Å². The zero-order chi connectivity index (χ0) is 16.9. The van der Waals surface area contributed by atoms with E-state index in [0.717, 1.165) is 12.1 Å². The van der Waals surface area contributed by atoms with Gasteiger partial charge in [-0.2, -0.15) is 13.2 Å². The summed E-state index contributed by atoms with van der Waals surface area (Å²) in [5.41, 5.74) is -1.33. The molecule has 0 radical (unpaired) electrons. The van der Waals surface area contributed by atoms with Crippen LogP contribution in [0.4, 0.5) is 18.9 Å². The minimum Gasteiger partial charge on any atom is -0.394 e. The van der Waals surface area contributed by atoms with Crippen LogP contribution in [0.1, 0.15) is 18.9 Å². The van der Waals surface area contributed by atoms with Crippen LogP contribution in [0.5, 0.6) is 0 Å². The molecule has 0 aliphatic rings. The molecule has 0 heterocycles. The van der Waals surface area contributed by atoms with Crippen molar-refractivity contribution in [2.45, 2.75) is 25.6 Å². The summed E-state index contributed by atoms with van der Waals surface area (Å²) in [6, 6.07) is 1.75. The first-order valence-electron chi connectivity index (χ1n) is 6.28. The van der Waals surface area contributed by atoms with Crippen LogP contribution in [0.3, 0.4) is 0 Å². The second-order valence-corrected chi connectivity index (χ2v) is 4.81. The maximum atomic E-state index is 12.6. The Morgan fingerprint density at radius 2 is 1.95 bits per heavy atom. The van der Waals surface area contributed by atoms with E-state index in [1.807, 2.05) is 5.32 Å². The molecule has 22 heavy (non-hydrogen) atoms. The number of halogens is 4. The van der Waals surface area contributed by atoms with E-state index in [-0.39, 0.29) is 17.3 Å². The van der Waals surface area contributed by atoms with Crippen LogP contribution >= 0.6 is 11.6 Å². The summed E-state index contributed by atoms with van der Waals surface area (Å²) < 4.78 is 37.8. The summed E-state index contributed by atoms with van der Waals surface area (Å²) in [6.45, 7) is 1.32. The van der Waals surface area contributed by atoms with Crippen LogP contribution in [0, 0.1) is 0 Å². The molecule has 9 heteroatoms. The Morgan fingerprint density at radius 1 is 1.32 bits per heavy atom. The van der Waals surface area contributed by atoms with Gasteiger partial charge in [-0.15, -0.1) is 0 Å². The first-order chi connectivity index (χ1) is 10.2. The van der Waals surface area contributed by atoms with Gasteiger partial charge in [-0.1, -0.05) is 18.5 Å². The lowest BCUT2D eigenvalue weighted by Crippen LogP contribution is -2.43. The van der Waals surface area contributed by atoms with Crippen LogP contribution in [0.15, 0.2) is 18.2 Å². The van der Waals surface area contributed by atoms with E-state index in [4.69, 9.17) is 16.7 Å². The van der Waals surface area contributed by atoms with E-state index >= 15 is 0 Å². The zero-order valence-corrected chi connectivity index (χ0v) is 12.3. The maximum absolute atomic E-state index is 12.6. The van der Waals surface area contributed by atoms with Gasteiger partial charge in [-0.3, -0.25) is 9.59 Å². The number of aliphatic hydroxyl groups excluding tert-OH is 1. The van der Waals surface area contributed by atoms with Crippen molar-refractivity contribution in [3.63, 3.8) is 0 Å². The third kappa shape index (κ3) is 4.88. The van der Waals surface area contributed by atoms with Gasteiger partial charge in [0.1, 0.15) is 0 Å². The number of aliphatic hydroxyl groups is 1. The topological polar surface area (TPSA) is 78.4 Å². The summed E-state index contributed by atoms with van der Waals surface area (Å²) in [4.78, 5) is 23.2. The second-order valence-electron chi connectivity index (χ2n) is 4.41. The average molecular weight is 339 g/mol. The Morgan fingerprint density at radius 3 is 2.45 bits per heavy atom. The Hall–Kier alpha value is -1.80. The SMILES string of the molecule is CC[C@@H](CO)NC(=O)C(=O)Nc1cc(C(F)(F)F)ccc1Cl. The van der Waals surface area contributed by atoms with Crippen molar-refractivity contribution in [1.29, 1.82) is 0 Å². The molecule has 1 aromatic carbocycles. The minimum absolute atomic E-state index is 0.136. The summed E-state index contributed by atoms with van der Waals surface area (Å²) in [7, 11) is 0. The highest BCUT2D eigenvalue weighted by molar-refractivity contribution is 6.41. The third-order valence-electron chi connectivity index (χ3n) is 2.80. The normalized spacial score (nSPS) is 12.6. The Kier molecular flexibility index (Phi) is 6.19. The highest BCUT2D eigenvalue weighted by Crippen LogP contribution is 2.33. The minimum atomic E-state index is -4.60. The number of hydrogen-bond donors (Lipinski definition) is 3. The third-order valence-corrected chi connectivity index (χ3v) is 3.13. The molecular weight excluding hydrogens is 325 g/mol. The number of amides is 2. The van der Waals surface area contributed by atoms with Gasteiger partial charge in [-0.25, -0.2) is 0 Å². The maximum Gasteiger partial charge on any atom is 0.416 e. The molecule has 1 rings (SSSR count). The molecule has 2 amide bonds. The molecule has 0 spiro atoms. The molecule has 1 atom stereocenters. The van der Waals surface area contributed by atoms with Crippen LogP contribution < -0.4 is 10.6 Å². The monoisotopic (exact) mass is 338 g/mol. The molecule has 1 aromatic rings. The van der Waals surface area contributed by atoms with Crippen molar-refractivity contribution in [1.82, 2.24) is 5.32 Å². The number of benzene rings is 1. The van der Waals surface area contributed by atoms with E-state index in [1.54, 1.807) is 6.92 Å². The zero-order valence-electron chi connectivity index (χ0n) is 11.5. The van der Waals surface area contributed by atoms with E-state index in [9.17, 15) is 22.8 Å². The Labute approximate surface area is 129 Å². The van der Waals surface area contributed by atoms with Crippen LogP contribution in [0.2, 0.25) is 5.02 Å². The quantitative estimate of drug-likeness (QED) is 0.736. The predicted octanol–water partition coefficient (Wildman–Crippen LogP) is 2.18. The van der Waals surface area contributed by atoms with Gasteiger partial charge in [0.05, 0.1) is 28.9 Å². The first-order valence-corrected chi connectivity index (χ1v) is 6.66. The number of alkyl halides is 3. The molecule has 3 N–H and O–H groups in total. The summed E-state index contributed by atoms with van der Waals surface area (Å²) in [6.07, 6.45) is -4.21. The van der Waals surface area contributed by atoms with E-state index in [2.05, 4.69) is 5.32 Å². The van der Waals surface area contributed by atoms with Gasteiger partial charge >= 0.3 is 18.0 Å². The lowest BCUT2D eigenvalue weighted by atomic mass is 10.2. The Balaban J connectivity index is 2.86. The smallest absolute Gasteiger partial charge is 0.394 e. The second kappa shape index (κ2) is 7.46. The van der Waals surface area contributed by atoms with Crippen molar-refractivity contribution in [3.8, 4) is 0 Å². The fourth-order valence-electron chi connectivity index (χ4n) is 1.50. The molecule has 0 unspecified atom stereocenters. The van der Waals surface area contributed by atoms with Crippen LogP contribution in [0.25, 0.3) is 0 Å². The van der Waals surface area contributed by atoms with Gasteiger partial charge in [-0.05, 0) is 24.6 Å². The average Bonchev–Trinajstić information content (AvgIpc) is 2.45. The fourth-order valence-corrected chi connectivity index (χ4v) is 1.67. The van der Waals surface area contributed by atoms with E-state index < -0.39 is 29.6 Å². The first kappa shape index (κ1) is 18.2. The molecule has 0 aliphatic heterocycles. The molecule has 122 valence electrons. The fraction of sp³-hybridized carbons (Fsp3) is 0.385. The number of anilines is 1. The van der Waals surface area contributed by atoms with Crippen molar-refractivity contribution < 1.29 is 27.9 Å². The standard InChI is InChI=1S/C13H14ClF3N2O3/c1-2-8(6-20)18-11(21)12(22)19-10-5-7(13(15,16)17)3-4-9(10)14/h3-5,8,20H,2,6H2,1H3,(H,18,21)(H,19,22)/t8-/m0/s1. The molecule has 0 aromatic heterocycles.